The van der Waals surface area contributed by atoms with Crippen LogP contribution in [0.2, 0.25) is 0 Å². The molecule has 3 nitrogen and oxygen atoms in total. The maximum atomic E-state index is 5.35. The van der Waals surface area contributed by atoms with Gasteiger partial charge in [0, 0.05) is 6.42 Å². The van der Waals surface area contributed by atoms with E-state index in [0.717, 1.165) is 25.4 Å². The summed E-state index contributed by atoms with van der Waals surface area (Å²) in [6.45, 7) is 4.23. The van der Waals surface area contributed by atoms with Crippen LogP contribution in [-0.4, -0.2) is 25.7 Å². The highest BCUT2D eigenvalue weighted by molar-refractivity contribution is 4.73. The molecule has 1 unspecified atom stereocenters. The van der Waals surface area contributed by atoms with Gasteiger partial charge in [0.25, 0.3) is 0 Å². The lowest BCUT2D eigenvalue weighted by molar-refractivity contribution is -0.379. The summed E-state index contributed by atoms with van der Waals surface area (Å²) in [6, 6.07) is 0. The molecule has 0 aromatic carbocycles. The van der Waals surface area contributed by atoms with Crippen LogP contribution in [0.4, 0.5) is 0 Å². The maximum Gasteiger partial charge on any atom is 0.164 e. The summed E-state index contributed by atoms with van der Waals surface area (Å²) in [5.74, 6) is 0.771. The van der Waals surface area contributed by atoms with Gasteiger partial charge in [-0.25, -0.2) is 0 Å². The maximum absolute atomic E-state index is 5.35. The first kappa shape index (κ1) is 7.53. The van der Waals surface area contributed by atoms with E-state index in [-0.39, 0.29) is 12.6 Å². The molecular weight excluding hydrogens is 142 g/mol. The summed E-state index contributed by atoms with van der Waals surface area (Å²) in [6.07, 6.45) is 2.47. The molecule has 0 aromatic rings. The SMILES string of the molecule is CC1OC(CC2CCNC2)O1. The molecule has 2 fully saturated rings. The topological polar surface area (TPSA) is 30.5 Å². The number of hydrogen-bond donors (Lipinski definition) is 1. The van der Waals surface area contributed by atoms with Crippen LogP contribution in [0.3, 0.4) is 0 Å². The summed E-state index contributed by atoms with van der Waals surface area (Å²) in [7, 11) is 0. The van der Waals surface area contributed by atoms with Gasteiger partial charge in [-0.05, 0) is 32.4 Å². The molecular formula is C8H15NO2. The lowest BCUT2D eigenvalue weighted by Crippen LogP contribution is -2.40. The highest BCUT2D eigenvalue weighted by Gasteiger charge is 2.30. The van der Waals surface area contributed by atoms with Crippen molar-refractivity contribution in [3.05, 3.63) is 0 Å². The Labute approximate surface area is 67.1 Å². The zero-order chi connectivity index (χ0) is 7.68. The number of rotatable bonds is 2. The largest absolute Gasteiger partial charge is 0.324 e. The Morgan fingerprint density at radius 3 is 2.82 bits per heavy atom. The highest BCUT2D eigenvalue weighted by Crippen LogP contribution is 2.25. The predicted octanol–water partition coefficient (Wildman–Crippen LogP) is 0.705. The van der Waals surface area contributed by atoms with Gasteiger partial charge >= 0.3 is 0 Å². The quantitative estimate of drug-likeness (QED) is 0.640. The normalized spacial score (nSPS) is 43.9. The van der Waals surface area contributed by atoms with E-state index in [9.17, 15) is 0 Å². The number of nitrogens with one attached hydrogen (secondary N) is 1. The van der Waals surface area contributed by atoms with Crippen molar-refractivity contribution in [3.63, 3.8) is 0 Å². The molecule has 0 spiro atoms. The van der Waals surface area contributed by atoms with E-state index in [1.54, 1.807) is 0 Å². The molecule has 64 valence electrons. The van der Waals surface area contributed by atoms with E-state index in [4.69, 9.17) is 9.47 Å². The second kappa shape index (κ2) is 3.09. The van der Waals surface area contributed by atoms with E-state index in [2.05, 4.69) is 5.32 Å². The summed E-state index contributed by atoms with van der Waals surface area (Å²) < 4.78 is 10.7. The third-order valence-electron chi connectivity index (χ3n) is 2.37. The van der Waals surface area contributed by atoms with Gasteiger partial charge in [0.15, 0.2) is 12.6 Å². The summed E-state index contributed by atoms with van der Waals surface area (Å²) in [5.41, 5.74) is 0. The Bertz CT molecular complexity index is 128. The van der Waals surface area contributed by atoms with Gasteiger partial charge in [-0.15, -0.1) is 0 Å². The molecule has 2 aliphatic heterocycles. The first-order valence-corrected chi connectivity index (χ1v) is 4.36. The average Bonchev–Trinajstić information content (AvgIpc) is 2.36. The van der Waals surface area contributed by atoms with Crippen LogP contribution in [0.15, 0.2) is 0 Å². The van der Waals surface area contributed by atoms with Crippen LogP contribution < -0.4 is 5.32 Å². The van der Waals surface area contributed by atoms with Gasteiger partial charge in [0.2, 0.25) is 0 Å². The van der Waals surface area contributed by atoms with Crippen LogP contribution in [0.1, 0.15) is 19.8 Å². The van der Waals surface area contributed by atoms with E-state index in [1.807, 2.05) is 6.92 Å². The number of hydrogen-bond acceptors (Lipinski definition) is 3. The smallest absolute Gasteiger partial charge is 0.164 e. The van der Waals surface area contributed by atoms with Gasteiger partial charge in [-0.2, -0.15) is 0 Å². The minimum absolute atomic E-state index is 0.0364. The summed E-state index contributed by atoms with van der Waals surface area (Å²) >= 11 is 0. The fourth-order valence-electron chi connectivity index (χ4n) is 1.74. The first-order valence-electron chi connectivity index (χ1n) is 4.36. The van der Waals surface area contributed by atoms with Gasteiger partial charge in [0.1, 0.15) is 0 Å². The van der Waals surface area contributed by atoms with Crippen molar-refractivity contribution >= 4 is 0 Å². The van der Waals surface area contributed by atoms with Crippen molar-refractivity contribution in [1.82, 2.24) is 5.32 Å². The molecule has 2 rings (SSSR count). The Kier molecular flexibility index (Phi) is 2.11. The van der Waals surface area contributed by atoms with Gasteiger partial charge in [-0.1, -0.05) is 0 Å². The van der Waals surface area contributed by atoms with Crippen LogP contribution in [0.25, 0.3) is 0 Å². The van der Waals surface area contributed by atoms with Crippen molar-refractivity contribution in [2.24, 2.45) is 5.92 Å². The second-order valence-corrected chi connectivity index (χ2v) is 3.36. The lowest BCUT2D eigenvalue weighted by Gasteiger charge is -2.35. The van der Waals surface area contributed by atoms with Gasteiger partial charge in [0.05, 0.1) is 0 Å². The molecule has 2 heterocycles. The molecule has 0 radical (unpaired) electrons. The van der Waals surface area contributed by atoms with E-state index in [0.29, 0.717) is 0 Å². The first-order chi connectivity index (χ1) is 5.34. The molecule has 1 N–H and O–H groups in total. The molecule has 11 heavy (non-hydrogen) atoms. The van der Waals surface area contributed by atoms with Gasteiger partial charge < -0.3 is 14.8 Å². The molecule has 0 saturated carbocycles. The Morgan fingerprint density at radius 2 is 2.27 bits per heavy atom. The van der Waals surface area contributed by atoms with Crippen LogP contribution in [0, 0.1) is 5.92 Å². The van der Waals surface area contributed by atoms with Crippen molar-refractivity contribution in [2.75, 3.05) is 13.1 Å². The minimum Gasteiger partial charge on any atom is -0.324 e. The highest BCUT2D eigenvalue weighted by atomic mass is 16.9. The van der Waals surface area contributed by atoms with Gasteiger partial charge in [-0.3, -0.25) is 0 Å². The predicted molar refractivity (Wildman–Crippen MR) is 41.0 cm³/mol. The molecule has 0 bridgehead atoms. The van der Waals surface area contributed by atoms with E-state index >= 15 is 0 Å². The lowest BCUT2D eigenvalue weighted by atomic mass is 10.0. The fourth-order valence-corrected chi connectivity index (χ4v) is 1.74. The monoisotopic (exact) mass is 157 g/mol. The molecule has 0 amide bonds. The third-order valence-corrected chi connectivity index (χ3v) is 2.37. The Balaban J connectivity index is 1.66. The fraction of sp³-hybridized carbons (Fsp3) is 1.00. The van der Waals surface area contributed by atoms with Crippen LogP contribution >= 0.6 is 0 Å². The standard InChI is InChI=1S/C8H15NO2/c1-6-10-8(11-6)4-7-2-3-9-5-7/h6-9H,2-5H2,1H3. The third kappa shape index (κ3) is 1.72. The van der Waals surface area contributed by atoms with Crippen LogP contribution in [0.5, 0.6) is 0 Å². The van der Waals surface area contributed by atoms with Crippen molar-refractivity contribution in [2.45, 2.75) is 32.3 Å². The molecule has 1 atom stereocenters. The van der Waals surface area contributed by atoms with E-state index < -0.39 is 0 Å². The zero-order valence-corrected chi connectivity index (χ0v) is 6.88. The Hall–Kier alpha value is -0.120. The average molecular weight is 157 g/mol. The molecule has 2 aliphatic rings. The van der Waals surface area contributed by atoms with E-state index in [1.165, 1.54) is 6.42 Å². The number of ether oxygens (including phenoxy) is 2. The molecule has 3 heteroatoms. The molecule has 0 aliphatic carbocycles. The van der Waals surface area contributed by atoms with Crippen molar-refractivity contribution in [1.29, 1.82) is 0 Å². The van der Waals surface area contributed by atoms with Crippen molar-refractivity contribution < 1.29 is 9.47 Å². The minimum atomic E-state index is 0.0364. The summed E-state index contributed by atoms with van der Waals surface area (Å²) in [4.78, 5) is 0. The molecule has 0 aromatic heterocycles. The van der Waals surface area contributed by atoms with Crippen LogP contribution in [-0.2, 0) is 9.47 Å². The second-order valence-electron chi connectivity index (χ2n) is 3.36. The Morgan fingerprint density at radius 1 is 1.45 bits per heavy atom. The zero-order valence-electron chi connectivity index (χ0n) is 6.88. The molecule has 2 saturated heterocycles. The summed E-state index contributed by atoms with van der Waals surface area (Å²) in [5, 5.41) is 3.33. The van der Waals surface area contributed by atoms with Crippen molar-refractivity contribution in [3.8, 4) is 0 Å².